The second-order valence-electron chi connectivity index (χ2n) is 7.10. The molecule has 1 atom stereocenters. The molecular formula is C19H21FN2O4S. The number of rotatable bonds is 2. The number of fused-ring (bicyclic) bond motifs is 1. The van der Waals surface area contributed by atoms with E-state index in [2.05, 4.69) is 5.16 Å². The predicted octanol–water partition coefficient (Wildman–Crippen LogP) is 2.69. The lowest BCUT2D eigenvalue weighted by Crippen LogP contribution is -2.34. The average Bonchev–Trinajstić information content (AvgIpc) is 3.02. The number of halogens is 1. The Morgan fingerprint density at radius 3 is 2.78 bits per heavy atom. The van der Waals surface area contributed by atoms with Crippen molar-refractivity contribution in [1.82, 2.24) is 10.1 Å². The summed E-state index contributed by atoms with van der Waals surface area (Å²) in [5, 5.41) is 3.01. The normalized spacial score (nSPS) is 22.1. The smallest absolute Gasteiger partial charge is 0.276 e. The zero-order valence-electron chi connectivity index (χ0n) is 14.9. The Hall–Kier alpha value is -2.22. The first-order chi connectivity index (χ1) is 13.0. The Kier molecular flexibility index (Phi) is 4.75. The molecule has 0 radical (unpaired) electrons. The number of hydrogen-bond acceptors (Lipinski definition) is 5. The summed E-state index contributed by atoms with van der Waals surface area (Å²) in [4.78, 5) is 14.4. The number of hydrogen-bond donors (Lipinski definition) is 0. The molecule has 1 aliphatic heterocycles. The molecule has 2 aromatic rings. The molecule has 1 saturated heterocycles. The lowest BCUT2D eigenvalue weighted by atomic mass is 9.96. The first-order valence-corrected chi connectivity index (χ1v) is 10.9. The summed E-state index contributed by atoms with van der Waals surface area (Å²) in [6.45, 7) is 0.312. The molecule has 0 N–H and O–H groups in total. The summed E-state index contributed by atoms with van der Waals surface area (Å²) in [7, 11) is -3.57. The van der Waals surface area contributed by atoms with Gasteiger partial charge in [0.1, 0.15) is 11.6 Å². The summed E-state index contributed by atoms with van der Waals surface area (Å²) in [5.41, 5.74) is 1.32. The van der Waals surface area contributed by atoms with E-state index < -0.39 is 20.9 Å². The highest BCUT2D eigenvalue weighted by atomic mass is 32.2. The summed E-state index contributed by atoms with van der Waals surface area (Å²) in [5.74, 6) is -0.267. The zero-order chi connectivity index (χ0) is 19.0. The third-order valence-corrected chi connectivity index (χ3v) is 7.54. The van der Waals surface area contributed by atoms with Crippen LogP contribution >= 0.6 is 0 Å². The second kappa shape index (κ2) is 7.07. The number of aromatic nitrogens is 1. The monoisotopic (exact) mass is 392 g/mol. The Labute approximate surface area is 157 Å². The Morgan fingerprint density at radius 1 is 1.19 bits per heavy atom. The molecule has 4 rings (SSSR count). The van der Waals surface area contributed by atoms with E-state index in [1.165, 1.54) is 23.1 Å². The topological polar surface area (TPSA) is 80.5 Å². The van der Waals surface area contributed by atoms with Crippen LogP contribution in [0.5, 0.6) is 0 Å². The van der Waals surface area contributed by atoms with E-state index >= 15 is 0 Å². The lowest BCUT2D eigenvalue weighted by molar-refractivity contribution is 0.0755. The standard InChI is InChI=1S/C19H21FN2O4S/c20-15-7-3-1-5-13(15)17-9-10-22(11-12-27(17,24)25)19(23)18-14-6-2-4-8-16(14)26-21-18/h1,3,5,7,17H,2,4,6,8-12H2/t17-/m0/s1. The highest BCUT2D eigenvalue weighted by Gasteiger charge is 2.36. The van der Waals surface area contributed by atoms with Gasteiger partial charge in [0.2, 0.25) is 0 Å². The third-order valence-electron chi connectivity index (χ3n) is 5.43. The van der Waals surface area contributed by atoms with Crippen LogP contribution in [0.15, 0.2) is 28.8 Å². The zero-order valence-corrected chi connectivity index (χ0v) is 15.7. The minimum atomic E-state index is -3.57. The maximum atomic E-state index is 14.2. The van der Waals surface area contributed by atoms with Gasteiger partial charge in [0, 0.05) is 30.6 Å². The van der Waals surface area contributed by atoms with E-state index in [9.17, 15) is 17.6 Å². The van der Waals surface area contributed by atoms with Gasteiger partial charge in [0.05, 0.1) is 11.0 Å². The van der Waals surface area contributed by atoms with E-state index in [-0.39, 0.29) is 36.7 Å². The van der Waals surface area contributed by atoms with Gasteiger partial charge in [-0.2, -0.15) is 0 Å². The Morgan fingerprint density at radius 2 is 1.96 bits per heavy atom. The second-order valence-corrected chi connectivity index (χ2v) is 9.40. The average molecular weight is 392 g/mol. The highest BCUT2D eigenvalue weighted by molar-refractivity contribution is 7.91. The Balaban J connectivity index is 1.58. The summed E-state index contributed by atoms with van der Waals surface area (Å²) in [6.07, 6.45) is 3.69. The molecule has 0 saturated carbocycles. The van der Waals surface area contributed by atoms with Crippen molar-refractivity contribution in [3.63, 3.8) is 0 Å². The quantitative estimate of drug-likeness (QED) is 0.785. The number of carbonyl (C=O) groups is 1. The van der Waals surface area contributed by atoms with Gasteiger partial charge in [-0.3, -0.25) is 4.79 Å². The lowest BCUT2D eigenvalue weighted by Gasteiger charge is -2.20. The molecule has 0 bridgehead atoms. The molecule has 1 amide bonds. The van der Waals surface area contributed by atoms with E-state index in [1.54, 1.807) is 6.07 Å². The number of amides is 1. The van der Waals surface area contributed by atoms with Gasteiger partial charge < -0.3 is 9.42 Å². The summed E-state index contributed by atoms with van der Waals surface area (Å²) in [6, 6.07) is 5.93. The van der Waals surface area contributed by atoms with Gasteiger partial charge in [-0.15, -0.1) is 0 Å². The molecule has 1 fully saturated rings. The first kappa shape index (κ1) is 18.2. The Bertz CT molecular complexity index is 970. The first-order valence-electron chi connectivity index (χ1n) is 9.20. The van der Waals surface area contributed by atoms with Gasteiger partial charge in [-0.25, -0.2) is 12.8 Å². The molecule has 0 spiro atoms. The molecule has 8 heteroatoms. The molecule has 2 aliphatic rings. The van der Waals surface area contributed by atoms with Gasteiger partial charge >= 0.3 is 0 Å². The number of aryl methyl sites for hydroxylation is 1. The highest BCUT2D eigenvalue weighted by Crippen LogP contribution is 2.32. The molecule has 144 valence electrons. The molecule has 1 aliphatic carbocycles. The van der Waals surface area contributed by atoms with Crippen LogP contribution < -0.4 is 0 Å². The minimum Gasteiger partial charge on any atom is -0.360 e. The van der Waals surface area contributed by atoms with Crippen LogP contribution in [-0.4, -0.2) is 43.2 Å². The van der Waals surface area contributed by atoms with Crippen molar-refractivity contribution >= 4 is 15.7 Å². The van der Waals surface area contributed by atoms with Crippen LogP contribution in [0.1, 0.15) is 51.9 Å². The van der Waals surface area contributed by atoms with Gasteiger partial charge in [0.15, 0.2) is 15.5 Å². The molecule has 1 aromatic carbocycles. The van der Waals surface area contributed by atoms with Crippen molar-refractivity contribution in [1.29, 1.82) is 0 Å². The van der Waals surface area contributed by atoms with Crippen molar-refractivity contribution in [2.75, 3.05) is 18.8 Å². The van der Waals surface area contributed by atoms with Crippen LogP contribution in [0.4, 0.5) is 4.39 Å². The SMILES string of the molecule is O=C(c1noc2c1CCCC2)N1CC[C@@H](c2ccccc2F)S(=O)(=O)CC1. The van der Waals surface area contributed by atoms with Crippen LogP contribution in [0.2, 0.25) is 0 Å². The van der Waals surface area contributed by atoms with Gasteiger partial charge in [0.25, 0.3) is 5.91 Å². The van der Waals surface area contributed by atoms with Crippen LogP contribution in [0, 0.1) is 5.82 Å². The van der Waals surface area contributed by atoms with E-state index in [0.29, 0.717) is 5.69 Å². The van der Waals surface area contributed by atoms with E-state index in [0.717, 1.165) is 37.0 Å². The summed E-state index contributed by atoms with van der Waals surface area (Å²) >= 11 is 0. The number of sulfone groups is 1. The van der Waals surface area contributed by atoms with Gasteiger partial charge in [-0.1, -0.05) is 23.4 Å². The summed E-state index contributed by atoms with van der Waals surface area (Å²) < 4.78 is 44.9. The minimum absolute atomic E-state index is 0.0771. The fourth-order valence-electron chi connectivity index (χ4n) is 3.93. The number of nitrogens with zero attached hydrogens (tertiary/aromatic N) is 2. The van der Waals surface area contributed by atoms with Gasteiger partial charge in [-0.05, 0) is 31.7 Å². The maximum absolute atomic E-state index is 14.2. The maximum Gasteiger partial charge on any atom is 0.276 e. The van der Waals surface area contributed by atoms with Crippen molar-refractivity contribution in [2.45, 2.75) is 37.4 Å². The molecular weight excluding hydrogens is 371 g/mol. The molecule has 6 nitrogen and oxygen atoms in total. The number of carbonyl (C=O) groups excluding carboxylic acids is 1. The van der Waals surface area contributed by atoms with Crippen molar-refractivity contribution in [3.05, 3.63) is 52.7 Å². The fourth-order valence-corrected chi connectivity index (χ4v) is 5.74. The van der Waals surface area contributed by atoms with Crippen LogP contribution in [0.3, 0.4) is 0 Å². The molecule has 2 heterocycles. The van der Waals surface area contributed by atoms with Crippen LogP contribution in [-0.2, 0) is 22.7 Å². The van der Waals surface area contributed by atoms with Crippen LogP contribution in [0.25, 0.3) is 0 Å². The van der Waals surface area contributed by atoms with Crippen molar-refractivity contribution < 1.29 is 22.1 Å². The van der Waals surface area contributed by atoms with E-state index in [1.807, 2.05) is 0 Å². The van der Waals surface area contributed by atoms with E-state index in [4.69, 9.17) is 4.52 Å². The van der Waals surface area contributed by atoms with Crippen molar-refractivity contribution in [3.8, 4) is 0 Å². The molecule has 27 heavy (non-hydrogen) atoms. The third kappa shape index (κ3) is 3.38. The van der Waals surface area contributed by atoms with Crippen molar-refractivity contribution in [2.24, 2.45) is 0 Å². The fraction of sp³-hybridized carbons (Fsp3) is 0.474. The molecule has 0 unspecified atom stereocenters. The molecule has 1 aromatic heterocycles. The number of benzene rings is 1. The largest absolute Gasteiger partial charge is 0.360 e. The predicted molar refractivity (Wildman–Crippen MR) is 96.6 cm³/mol.